The number of halogens is 1. The van der Waals surface area contributed by atoms with E-state index in [-0.39, 0.29) is 11.4 Å². The standard InChI is InChI=1S/C13H17FO/c1-3-13(4-2)8-7-10-5-6-11(14)9-12(10)15-13/h5-6,9H,3-4,7-8H2,1-2H3. The highest BCUT2D eigenvalue weighted by atomic mass is 19.1. The molecule has 0 spiro atoms. The van der Waals surface area contributed by atoms with E-state index in [0.717, 1.165) is 37.0 Å². The molecule has 82 valence electrons. The monoisotopic (exact) mass is 208 g/mol. The van der Waals surface area contributed by atoms with Gasteiger partial charge in [0.25, 0.3) is 0 Å². The van der Waals surface area contributed by atoms with E-state index in [1.165, 1.54) is 12.1 Å². The van der Waals surface area contributed by atoms with Gasteiger partial charge in [0, 0.05) is 6.07 Å². The molecule has 1 heterocycles. The largest absolute Gasteiger partial charge is 0.487 e. The van der Waals surface area contributed by atoms with E-state index in [2.05, 4.69) is 13.8 Å². The van der Waals surface area contributed by atoms with Gasteiger partial charge < -0.3 is 4.74 Å². The quantitative estimate of drug-likeness (QED) is 0.720. The summed E-state index contributed by atoms with van der Waals surface area (Å²) in [4.78, 5) is 0. The molecule has 2 rings (SSSR count). The van der Waals surface area contributed by atoms with E-state index in [4.69, 9.17) is 4.74 Å². The average molecular weight is 208 g/mol. The lowest BCUT2D eigenvalue weighted by Crippen LogP contribution is -2.38. The normalized spacial score (nSPS) is 18.1. The Hall–Kier alpha value is -1.05. The number of ether oxygens (including phenoxy) is 1. The van der Waals surface area contributed by atoms with Gasteiger partial charge in [0.05, 0.1) is 0 Å². The highest BCUT2D eigenvalue weighted by Crippen LogP contribution is 2.37. The summed E-state index contributed by atoms with van der Waals surface area (Å²) in [5.74, 6) is 0.529. The van der Waals surface area contributed by atoms with Gasteiger partial charge in [0.1, 0.15) is 17.2 Å². The fraction of sp³-hybridized carbons (Fsp3) is 0.538. The third-order valence-corrected chi connectivity index (χ3v) is 3.49. The first-order valence-electron chi connectivity index (χ1n) is 5.66. The van der Waals surface area contributed by atoms with Crippen molar-refractivity contribution in [3.8, 4) is 5.75 Å². The molecule has 0 aliphatic carbocycles. The highest BCUT2D eigenvalue weighted by molar-refractivity contribution is 5.36. The van der Waals surface area contributed by atoms with Gasteiger partial charge in [-0.2, -0.15) is 0 Å². The van der Waals surface area contributed by atoms with Crippen LogP contribution in [0.2, 0.25) is 0 Å². The number of rotatable bonds is 2. The number of benzene rings is 1. The smallest absolute Gasteiger partial charge is 0.126 e. The summed E-state index contributed by atoms with van der Waals surface area (Å²) in [5.41, 5.74) is 1.06. The van der Waals surface area contributed by atoms with Crippen LogP contribution in [-0.2, 0) is 6.42 Å². The first kappa shape index (κ1) is 10.5. The van der Waals surface area contributed by atoms with Crippen LogP contribution in [0.1, 0.15) is 38.7 Å². The molecule has 0 unspecified atom stereocenters. The molecule has 1 nitrogen and oxygen atoms in total. The van der Waals surface area contributed by atoms with Gasteiger partial charge in [0.15, 0.2) is 0 Å². The minimum absolute atomic E-state index is 0.0687. The van der Waals surface area contributed by atoms with E-state index >= 15 is 0 Å². The van der Waals surface area contributed by atoms with Crippen LogP contribution < -0.4 is 4.74 Å². The molecule has 0 saturated heterocycles. The van der Waals surface area contributed by atoms with Gasteiger partial charge in [0.2, 0.25) is 0 Å². The molecule has 0 fully saturated rings. The Bertz CT molecular complexity index is 356. The predicted molar refractivity (Wildman–Crippen MR) is 58.7 cm³/mol. The topological polar surface area (TPSA) is 9.23 Å². The molecule has 1 aliphatic rings. The average Bonchev–Trinajstić information content (AvgIpc) is 2.28. The molecule has 0 N–H and O–H groups in total. The third-order valence-electron chi connectivity index (χ3n) is 3.49. The van der Waals surface area contributed by atoms with Gasteiger partial charge in [-0.1, -0.05) is 19.9 Å². The molecule has 1 aromatic carbocycles. The second-order valence-corrected chi connectivity index (χ2v) is 4.24. The molecule has 2 heteroatoms. The van der Waals surface area contributed by atoms with E-state index in [9.17, 15) is 4.39 Å². The Morgan fingerprint density at radius 1 is 1.33 bits per heavy atom. The Kier molecular flexibility index (Phi) is 2.68. The summed E-state index contributed by atoms with van der Waals surface area (Å²) in [6.07, 6.45) is 4.01. The molecule has 1 aliphatic heterocycles. The van der Waals surface area contributed by atoms with Crippen LogP contribution >= 0.6 is 0 Å². The molecule has 15 heavy (non-hydrogen) atoms. The molecular weight excluding hydrogens is 191 g/mol. The van der Waals surface area contributed by atoms with Crippen LogP contribution in [-0.4, -0.2) is 5.60 Å². The first-order valence-corrected chi connectivity index (χ1v) is 5.66. The zero-order valence-corrected chi connectivity index (χ0v) is 9.35. The van der Waals surface area contributed by atoms with Crippen molar-refractivity contribution in [2.75, 3.05) is 0 Å². The fourth-order valence-corrected chi connectivity index (χ4v) is 2.22. The number of fused-ring (bicyclic) bond motifs is 1. The minimum atomic E-state index is -0.211. The Morgan fingerprint density at radius 3 is 2.73 bits per heavy atom. The van der Waals surface area contributed by atoms with Crippen molar-refractivity contribution in [3.63, 3.8) is 0 Å². The number of hydrogen-bond acceptors (Lipinski definition) is 1. The summed E-state index contributed by atoms with van der Waals surface area (Å²) in [7, 11) is 0. The maximum atomic E-state index is 13.1. The van der Waals surface area contributed by atoms with Crippen LogP contribution in [0, 0.1) is 5.82 Å². The zero-order chi connectivity index (χ0) is 10.9. The maximum absolute atomic E-state index is 13.1. The van der Waals surface area contributed by atoms with Gasteiger partial charge in [-0.3, -0.25) is 0 Å². The summed E-state index contributed by atoms with van der Waals surface area (Å²) in [5, 5.41) is 0. The van der Waals surface area contributed by atoms with Gasteiger partial charge in [-0.05, 0) is 37.3 Å². The number of hydrogen-bond donors (Lipinski definition) is 0. The lowest BCUT2D eigenvalue weighted by molar-refractivity contribution is 0.0380. The minimum Gasteiger partial charge on any atom is -0.487 e. The van der Waals surface area contributed by atoms with Crippen molar-refractivity contribution in [2.45, 2.75) is 45.1 Å². The molecule has 0 amide bonds. The molecule has 0 saturated carbocycles. The Labute approximate surface area is 90.3 Å². The van der Waals surface area contributed by atoms with Crippen LogP contribution in [0.4, 0.5) is 4.39 Å². The van der Waals surface area contributed by atoms with Gasteiger partial charge >= 0.3 is 0 Å². The second kappa shape index (κ2) is 3.84. The molecular formula is C13H17FO. The summed E-state index contributed by atoms with van der Waals surface area (Å²) in [6, 6.07) is 4.85. The van der Waals surface area contributed by atoms with Crippen molar-refractivity contribution < 1.29 is 9.13 Å². The van der Waals surface area contributed by atoms with Crippen molar-refractivity contribution in [2.24, 2.45) is 0 Å². The maximum Gasteiger partial charge on any atom is 0.126 e. The fourth-order valence-electron chi connectivity index (χ4n) is 2.22. The van der Waals surface area contributed by atoms with Crippen LogP contribution in [0.3, 0.4) is 0 Å². The van der Waals surface area contributed by atoms with Crippen LogP contribution in [0.25, 0.3) is 0 Å². The first-order chi connectivity index (χ1) is 7.19. The second-order valence-electron chi connectivity index (χ2n) is 4.24. The summed E-state index contributed by atoms with van der Waals surface area (Å²) in [6.45, 7) is 4.27. The van der Waals surface area contributed by atoms with Crippen LogP contribution in [0.15, 0.2) is 18.2 Å². The zero-order valence-electron chi connectivity index (χ0n) is 9.35. The summed E-state index contributed by atoms with van der Waals surface area (Å²) >= 11 is 0. The third kappa shape index (κ3) is 1.85. The van der Waals surface area contributed by atoms with Crippen molar-refractivity contribution in [1.29, 1.82) is 0 Å². The van der Waals surface area contributed by atoms with E-state index < -0.39 is 0 Å². The summed E-state index contributed by atoms with van der Waals surface area (Å²) < 4.78 is 19.0. The van der Waals surface area contributed by atoms with E-state index in [1.807, 2.05) is 6.07 Å². The van der Waals surface area contributed by atoms with E-state index in [0.29, 0.717) is 0 Å². The van der Waals surface area contributed by atoms with Crippen molar-refractivity contribution >= 4 is 0 Å². The molecule has 0 aromatic heterocycles. The molecule has 1 aromatic rings. The Balaban J connectivity index is 2.32. The lowest BCUT2D eigenvalue weighted by atomic mass is 9.87. The molecule has 0 bridgehead atoms. The molecule has 0 radical (unpaired) electrons. The van der Waals surface area contributed by atoms with Crippen LogP contribution in [0.5, 0.6) is 5.75 Å². The van der Waals surface area contributed by atoms with E-state index in [1.54, 1.807) is 0 Å². The number of aryl methyl sites for hydroxylation is 1. The predicted octanol–water partition coefficient (Wildman–Crippen LogP) is 3.71. The highest BCUT2D eigenvalue weighted by Gasteiger charge is 2.32. The van der Waals surface area contributed by atoms with Gasteiger partial charge in [-0.15, -0.1) is 0 Å². The Morgan fingerprint density at radius 2 is 2.07 bits per heavy atom. The molecule has 0 atom stereocenters. The van der Waals surface area contributed by atoms with Crippen molar-refractivity contribution in [1.82, 2.24) is 0 Å². The van der Waals surface area contributed by atoms with Crippen molar-refractivity contribution in [3.05, 3.63) is 29.6 Å². The SMILES string of the molecule is CCC1(CC)CCc2ccc(F)cc2O1. The van der Waals surface area contributed by atoms with Gasteiger partial charge in [-0.25, -0.2) is 4.39 Å². The lowest BCUT2D eigenvalue weighted by Gasteiger charge is -2.37.